The molecule has 2 N–H and O–H groups in total. The molecule has 1 heterocycles. The zero-order chi connectivity index (χ0) is 14.8. The Morgan fingerprint density at radius 3 is 2.10 bits per heavy atom. The van der Waals surface area contributed by atoms with Crippen LogP contribution in [0.3, 0.4) is 0 Å². The van der Waals surface area contributed by atoms with E-state index in [9.17, 15) is 9.90 Å². The Hall–Kier alpha value is -0.690. The van der Waals surface area contributed by atoms with Gasteiger partial charge in [0.15, 0.2) is 0 Å². The Morgan fingerprint density at radius 2 is 1.70 bits per heavy atom. The van der Waals surface area contributed by atoms with Gasteiger partial charge in [0.05, 0.1) is 23.7 Å². The third-order valence-electron chi connectivity index (χ3n) is 4.68. The fourth-order valence-electron chi connectivity index (χ4n) is 3.38. The Balaban J connectivity index is 1.86. The number of hydrogen-bond acceptors (Lipinski definition) is 5. The fraction of sp³-hybridized carbons (Fsp3) is 0.929. The molecule has 0 aromatic heterocycles. The van der Waals surface area contributed by atoms with E-state index in [1.165, 1.54) is 0 Å². The molecule has 2 fully saturated rings. The van der Waals surface area contributed by atoms with E-state index in [1.54, 1.807) is 14.2 Å². The summed E-state index contributed by atoms with van der Waals surface area (Å²) in [6, 6.07) is 0. The SMILES string of the molecule is COC1CN(CC2(O)CCC(C(=O)O)CC2)CC1OC. The van der Waals surface area contributed by atoms with Crippen LogP contribution in [-0.2, 0) is 14.3 Å². The summed E-state index contributed by atoms with van der Waals surface area (Å²) in [6.45, 7) is 2.07. The van der Waals surface area contributed by atoms with Gasteiger partial charge in [-0.05, 0) is 25.7 Å². The van der Waals surface area contributed by atoms with Crippen molar-refractivity contribution >= 4 is 5.97 Å². The van der Waals surface area contributed by atoms with Gasteiger partial charge in [0.25, 0.3) is 0 Å². The van der Waals surface area contributed by atoms with E-state index in [4.69, 9.17) is 14.6 Å². The zero-order valence-corrected chi connectivity index (χ0v) is 12.2. The van der Waals surface area contributed by atoms with Gasteiger partial charge in [0, 0.05) is 33.9 Å². The number of β-amino-alcohol motifs (C(OH)–C–C–N with tert-alkyl or cyclic N) is 1. The molecule has 1 aliphatic carbocycles. The molecule has 1 saturated heterocycles. The molecule has 0 amide bonds. The number of carbonyl (C=O) groups is 1. The number of likely N-dealkylation sites (tertiary alicyclic amines) is 1. The Bertz CT molecular complexity index is 328. The van der Waals surface area contributed by atoms with Gasteiger partial charge in [-0.1, -0.05) is 0 Å². The van der Waals surface area contributed by atoms with Crippen molar-refractivity contribution in [1.29, 1.82) is 0 Å². The monoisotopic (exact) mass is 287 g/mol. The summed E-state index contributed by atoms with van der Waals surface area (Å²) in [5.74, 6) is -1.04. The van der Waals surface area contributed by atoms with Gasteiger partial charge in [-0.25, -0.2) is 0 Å². The second-order valence-electron chi connectivity index (χ2n) is 6.08. The van der Waals surface area contributed by atoms with Gasteiger partial charge in [-0.3, -0.25) is 9.69 Å². The highest BCUT2D eigenvalue weighted by atomic mass is 16.5. The summed E-state index contributed by atoms with van der Waals surface area (Å²) in [7, 11) is 3.35. The molecule has 0 spiro atoms. The number of aliphatic hydroxyl groups is 1. The number of rotatable bonds is 5. The molecule has 116 valence electrons. The Kier molecular flexibility index (Phi) is 5.01. The van der Waals surface area contributed by atoms with Crippen molar-refractivity contribution in [3.8, 4) is 0 Å². The average molecular weight is 287 g/mol. The summed E-state index contributed by atoms with van der Waals surface area (Å²) in [5, 5.41) is 19.6. The van der Waals surface area contributed by atoms with Crippen molar-refractivity contribution in [1.82, 2.24) is 4.90 Å². The molecule has 6 nitrogen and oxygen atoms in total. The number of ether oxygens (including phenoxy) is 2. The number of nitrogens with zero attached hydrogens (tertiary/aromatic N) is 1. The molecule has 1 aliphatic heterocycles. The summed E-state index contributed by atoms with van der Waals surface area (Å²) in [4.78, 5) is 13.1. The molecule has 0 radical (unpaired) electrons. The first-order chi connectivity index (χ1) is 9.47. The van der Waals surface area contributed by atoms with Gasteiger partial charge in [0.2, 0.25) is 0 Å². The molecule has 20 heavy (non-hydrogen) atoms. The first-order valence-electron chi connectivity index (χ1n) is 7.20. The predicted octanol–water partition coefficient (Wildman–Crippen LogP) is 0.338. The van der Waals surface area contributed by atoms with E-state index >= 15 is 0 Å². The summed E-state index contributed by atoms with van der Waals surface area (Å²) in [5.41, 5.74) is -0.771. The van der Waals surface area contributed by atoms with Gasteiger partial charge in [-0.2, -0.15) is 0 Å². The molecule has 0 aromatic rings. The van der Waals surface area contributed by atoms with Crippen molar-refractivity contribution in [2.45, 2.75) is 43.5 Å². The fourth-order valence-corrected chi connectivity index (χ4v) is 3.38. The zero-order valence-electron chi connectivity index (χ0n) is 12.2. The van der Waals surface area contributed by atoms with Crippen molar-refractivity contribution < 1.29 is 24.5 Å². The van der Waals surface area contributed by atoms with Crippen molar-refractivity contribution in [2.24, 2.45) is 5.92 Å². The molecular weight excluding hydrogens is 262 g/mol. The number of aliphatic carboxylic acids is 1. The van der Waals surface area contributed by atoms with Crippen LogP contribution in [0.4, 0.5) is 0 Å². The van der Waals surface area contributed by atoms with E-state index in [2.05, 4.69) is 4.90 Å². The standard InChI is InChI=1S/C14H25NO5/c1-19-11-7-15(8-12(11)20-2)9-14(18)5-3-10(4-6-14)13(16)17/h10-12,18H,3-9H2,1-2H3,(H,16,17). The number of carboxylic acid groups (broad SMARTS) is 1. The molecule has 0 aromatic carbocycles. The third-order valence-corrected chi connectivity index (χ3v) is 4.68. The van der Waals surface area contributed by atoms with E-state index in [0.717, 1.165) is 13.1 Å². The minimum atomic E-state index is -0.771. The van der Waals surface area contributed by atoms with Gasteiger partial charge in [-0.15, -0.1) is 0 Å². The molecule has 6 heteroatoms. The van der Waals surface area contributed by atoms with Crippen LogP contribution in [0.2, 0.25) is 0 Å². The molecule has 0 bridgehead atoms. The van der Waals surface area contributed by atoms with Crippen LogP contribution in [0.25, 0.3) is 0 Å². The number of methoxy groups -OCH3 is 2. The number of carboxylic acids is 1. The van der Waals surface area contributed by atoms with Crippen LogP contribution < -0.4 is 0 Å². The van der Waals surface area contributed by atoms with Gasteiger partial charge < -0.3 is 19.7 Å². The van der Waals surface area contributed by atoms with Crippen LogP contribution in [0.1, 0.15) is 25.7 Å². The number of hydrogen-bond donors (Lipinski definition) is 2. The highest BCUT2D eigenvalue weighted by Crippen LogP contribution is 2.33. The molecular formula is C14H25NO5. The lowest BCUT2D eigenvalue weighted by atomic mass is 9.78. The van der Waals surface area contributed by atoms with Crippen molar-refractivity contribution in [2.75, 3.05) is 33.9 Å². The van der Waals surface area contributed by atoms with E-state index in [-0.39, 0.29) is 18.1 Å². The lowest BCUT2D eigenvalue weighted by molar-refractivity contribution is -0.145. The maximum absolute atomic E-state index is 10.9. The molecule has 2 rings (SSSR count). The normalized spacial score (nSPS) is 39.0. The summed E-state index contributed by atoms with van der Waals surface area (Å²) >= 11 is 0. The minimum absolute atomic E-state index is 0.0407. The lowest BCUT2D eigenvalue weighted by Crippen LogP contribution is -2.46. The van der Waals surface area contributed by atoms with Crippen LogP contribution in [0, 0.1) is 5.92 Å². The quantitative estimate of drug-likeness (QED) is 0.759. The average Bonchev–Trinajstić information content (AvgIpc) is 2.80. The van der Waals surface area contributed by atoms with Gasteiger partial charge in [0.1, 0.15) is 0 Å². The summed E-state index contributed by atoms with van der Waals surface area (Å²) < 4.78 is 10.8. The largest absolute Gasteiger partial charge is 0.481 e. The molecule has 2 aliphatic rings. The van der Waals surface area contributed by atoms with E-state index < -0.39 is 11.6 Å². The van der Waals surface area contributed by atoms with Crippen molar-refractivity contribution in [3.63, 3.8) is 0 Å². The maximum Gasteiger partial charge on any atom is 0.306 e. The predicted molar refractivity (Wildman–Crippen MR) is 72.6 cm³/mol. The van der Waals surface area contributed by atoms with Crippen LogP contribution >= 0.6 is 0 Å². The third kappa shape index (κ3) is 3.49. The van der Waals surface area contributed by atoms with Gasteiger partial charge >= 0.3 is 5.97 Å². The maximum atomic E-state index is 10.9. The first kappa shape index (κ1) is 15.7. The van der Waals surface area contributed by atoms with E-state index in [0.29, 0.717) is 32.2 Å². The highest BCUT2D eigenvalue weighted by Gasteiger charge is 2.40. The van der Waals surface area contributed by atoms with E-state index in [1.807, 2.05) is 0 Å². The lowest BCUT2D eigenvalue weighted by Gasteiger charge is -2.37. The first-order valence-corrected chi connectivity index (χ1v) is 7.20. The molecule has 2 atom stereocenters. The van der Waals surface area contributed by atoms with Crippen LogP contribution in [0.15, 0.2) is 0 Å². The second kappa shape index (κ2) is 6.39. The summed E-state index contributed by atoms with van der Waals surface area (Å²) in [6.07, 6.45) is 2.30. The van der Waals surface area contributed by atoms with Crippen LogP contribution in [0.5, 0.6) is 0 Å². The smallest absolute Gasteiger partial charge is 0.306 e. The van der Waals surface area contributed by atoms with Crippen LogP contribution in [-0.4, -0.2) is 72.7 Å². The highest BCUT2D eigenvalue weighted by molar-refractivity contribution is 5.70. The topological polar surface area (TPSA) is 79.2 Å². The Labute approximate surface area is 119 Å². The Morgan fingerprint density at radius 1 is 1.20 bits per heavy atom. The molecule has 2 unspecified atom stereocenters. The second-order valence-corrected chi connectivity index (χ2v) is 6.08. The van der Waals surface area contributed by atoms with Crippen molar-refractivity contribution in [3.05, 3.63) is 0 Å². The minimum Gasteiger partial charge on any atom is -0.481 e. The molecule has 1 saturated carbocycles.